The van der Waals surface area contributed by atoms with Crippen LogP contribution in [0.3, 0.4) is 0 Å². The van der Waals surface area contributed by atoms with Gasteiger partial charge in [-0.3, -0.25) is 23.9 Å². The number of hydrogen-bond acceptors (Lipinski definition) is 6. The quantitative estimate of drug-likeness (QED) is 0.339. The molecule has 2 heterocycles. The van der Waals surface area contributed by atoms with E-state index in [1.54, 1.807) is 23.9 Å². The van der Waals surface area contributed by atoms with Gasteiger partial charge in [0.25, 0.3) is 5.91 Å². The number of aromatic nitrogens is 2. The summed E-state index contributed by atoms with van der Waals surface area (Å²) in [6.45, 7) is 9.15. The molecular formula is C33H49N7O4. The summed E-state index contributed by atoms with van der Waals surface area (Å²) in [6, 6.07) is 7.84. The van der Waals surface area contributed by atoms with Crippen molar-refractivity contribution in [2.45, 2.75) is 90.3 Å². The number of likely N-dealkylation sites (N-methyl/N-ethyl adjacent to an activating group) is 1. The molecule has 11 heteroatoms. The Labute approximate surface area is 261 Å². The molecule has 2 aliphatic rings. The van der Waals surface area contributed by atoms with Gasteiger partial charge in [0.2, 0.25) is 17.7 Å². The Bertz CT molecular complexity index is 1260. The van der Waals surface area contributed by atoms with Gasteiger partial charge >= 0.3 is 0 Å². The number of benzene rings is 1. The van der Waals surface area contributed by atoms with Crippen molar-refractivity contribution in [3.8, 4) is 0 Å². The summed E-state index contributed by atoms with van der Waals surface area (Å²) in [5.41, 5.74) is 1.97. The van der Waals surface area contributed by atoms with E-state index in [2.05, 4.69) is 25.9 Å². The van der Waals surface area contributed by atoms with Crippen molar-refractivity contribution in [2.75, 3.05) is 38.5 Å². The van der Waals surface area contributed by atoms with Crippen LogP contribution < -0.4 is 16.0 Å². The Morgan fingerprint density at radius 2 is 1.59 bits per heavy atom. The minimum absolute atomic E-state index is 0.0537. The summed E-state index contributed by atoms with van der Waals surface area (Å²) in [4.78, 5) is 57.0. The summed E-state index contributed by atoms with van der Waals surface area (Å²) < 4.78 is 1.62. The number of piperazine rings is 1. The maximum Gasteiger partial charge on any atom is 0.270 e. The molecule has 1 saturated heterocycles. The van der Waals surface area contributed by atoms with Crippen molar-refractivity contribution < 1.29 is 19.2 Å². The highest BCUT2D eigenvalue weighted by molar-refractivity contribution is 6.00. The second kappa shape index (κ2) is 15.8. The zero-order chi connectivity index (χ0) is 31.6. The zero-order valence-corrected chi connectivity index (χ0v) is 26.7. The van der Waals surface area contributed by atoms with E-state index < -0.39 is 12.1 Å². The first-order chi connectivity index (χ1) is 21.2. The van der Waals surface area contributed by atoms with E-state index in [9.17, 15) is 19.2 Å². The minimum Gasteiger partial charge on any atom is -0.344 e. The van der Waals surface area contributed by atoms with Gasteiger partial charge in [0.05, 0.1) is 0 Å². The number of carbonyl (C=O) groups excluding carboxylic acids is 4. The Morgan fingerprint density at radius 3 is 2.20 bits per heavy atom. The van der Waals surface area contributed by atoms with Gasteiger partial charge in [-0.15, -0.1) is 0 Å². The first-order valence-electron chi connectivity index (χ1n) is 16.3. The predicted molar refractivity (Wildman–Crippen MR) is 170 cm³/mol. The Morgan fingerprint density at radius 1 is 0.909 bits per heavy atom. The van der Waals surface area contributed by atoms with Gasteiger partial charge < -0.3 is 25.8 Å². The lowest BCUT2D eigenvalue weighted by Gasteiger charge is -2.37. The third-order valence-electron chi connectivity index (χ3n) is 9.11. The van der Waals surface area contributed by atoms with E-state index in [0.717, 1.165) is 50.8 Å². The van der Waals surface area contributed by atoms with Gasteiger partial charge in [-0.1, -0.05) is 45.2 Å². The molecule has 0 unspecified atom stereocenters. The van der Waals surface area contributed by atoms with E-state index in [1.807, 2.05) is 50.1 Å². The lowest BCUT2D eigenvalue weighted by molar-refractivity contribution is -0.138. The Balaban J connectivity index is 1.49. The second-order valence-corrected chi connectivity index (χ2v) is 12.0. The molecule has 0 spiro atoms. The van der Waals surface area contributed by atoms with Crippen molar-refractivity contribution in [1.29, 1.82) is 0 Å². The molecule has 11 nitrogen and oxygen atoms in total. The van der Waals surface area contributed by atoms with E-state index in [1.165, 1.54) is 0 Å². The molecule has 240 valence electrons. The second-order valence-electron chi connectivity index (χ2n) is 12.0. The molecule has 1 saturated carbocycles. The van der Waals surface area contributed by atoms with Crippen molar-refractivity contribution in [1.82, 2.24) is 30.2 Å². The molecular weight excluding hydrogens is 558 g/mol. The van der Waals surface area contributed by atoms with E-state index >= 15 is 0 Å². The largest absolute Gasteiger partial charge is 0.344 e. The molecule has 1 aromatic carbocycles. The third-order valence-corrected chi connectivity index (χ3v) is 9.11. The van der Waals surface area contributed by atoms with Gasteiger partial charge in [-0.05, 0) is 62.9 Å². The van der Waals surface area contributed by atoms with Crippen LogP contribution in [0.15, 0.2) is 36.5 Å². The maximum absolute atomic E-state index is 13.7. The fourth-order valence-corrected chi connectivity index (χ4v) is 6.39. The van der Waals surface area contributed by atoms with Gasteiger partial charge in [-0.2, -0.15) is 5.10 Å². The van der Waals surface area contributed by atoms with Crippen LogP contribution in [0.5, 0.6) is 0 Å². The predicted octanol–water partition coefficient (Wildman–Crippen LogP) is 3.38. The van der Waals surface area contributed by atoms with Crippen LogP contribution in [0.1, 0.15) is 87.7 Å². The molecule has 2 fully saturated rings. The average molecular weight is 608 g/mol. The van der Waals surface area contributed by atoms with Crippen LogP contribution in [0.2, 0.25) is 0 Å². The highest BCUT2D eigenvalue weighted by atomic mass is 16.2. The highest BCUT2D eigenvalue weighted by Crippen LogP contribution is 2.29. The number of nitrogens with one attached hydrogen (secondary N) is 3. The number of aryl methyl sites for hydroxylation is 1. The van der Waals surface area contributed by atoms with Crippen LogP contribution in [0, 0.1) is 5.92 Å². The van der Waals surface area contributed by atoms with Crippen molar-refractivity contribution in [3.63, 3.8) is 0 Å². The van der Waals surface area contributed by atoms with Gasteiger partial charge in [0.1, 0.15) is 17.8 Å². The summed E-state index contributed by atoms with van der Waals surface area (Å²) >= 11 is 0. The van der Waals surface area contributed by atoms with Crippen LogP contribution >= 0.6 is 0 Å². The van der Waals surface area contributed by atoms with Crippen LogP contribution in [0.25, 0.3) is 0 Å². The highest BCUT2D eigenvalue weighted by Gasteiger charge is 2.35. The number of hydrogen-bond donors (Lipinski definition) is 3. The molecule has 3 N–H and O–H groups in total. The lowest BCUT2D eigenvalue weighted by atomic mass is 9.83. The van der Waals surface area contributed by atoms with Gasteiger partial charge in [0, 0.05) is 56.9 Å². The fraction of sp³-hybridized carbons (Fsp3) is 0.606. The van der Waals surface area contributed by atoms with Crippen LogP contribution in [0.4, 0.5) is 5.69 Å². The van der Waals surface area contributed by atoms with Gasteiger partial charge in [-0.25, -0.2) is 0 Å². The monoisotopic (exact) mass is 607 g/mol. The molecule has 1 aromatic heterocycles. The molecule has 2 aromatic rings. The zero-order valence-electron chi connectivity index (χ0n) is 26.7. The molecule has 3 atom stereocenters. The van der Waals surface area contributed by atoms with Crippen LogP contribution in [-0.2, 0) is 20.9 Å². The average Bonchev–Trinajstić information content (AvgIpc) is 3.54. The number of amides is 4. The summed E-state index contributed by atoms with van der Waals surface area (Å²) in [5.74, 6) is -0.928. The molecule has 4 amide bonds. The summed E-state index contributed by atoms with van der Waals surface area (Å²) in [7, 11) is 2.04. The standard InChI is InChI=1S/C33H49N7O4/c1-5-26(30(36-28(41)6-2)33(44)39-21-19-38(4)20-22-39)23-13-15-25(16-14-23)35-32(43)29(24-11-9-8-10-12-24)37-31(42)27-17-18-34-40(27)7-3/h13-18,24,26,29-30H,5-12,19-22H2,1-4H3,(H,35,43)(H,36,41)(H,37,42)/t26-,29-,30+/m0/s1. The SMILES string of the molecule is CCC(=O)N[C@@H](C(=O)N1CCN(C)CC1)[C@@H](CC)c1ccc(NC(=O)[C@@H](NC(=O)c2ccnn2CC)C2CCCCC2)cc1. The van der Waals surface area contributed by atoms with E-state index in [4.69, 9.17) is 0 Å². The number of nitrogens with zero attached hydrogens (tertiary/aromatic N) is 4. The van der Waals surface area contributed by atoms with Gasteiger partial charge in [0.15, 0.2) is 0 Å². The molecule has 0 radical (unpaired) electrons. The van der Waals surface area contributed by atoms with Crippen molar-refractivity contribution in [2.24, 2.45) is 5.92 Å². The maximum atomic E-state index is 13.7. The fourth-order valence-electron chi connectivity index (χ4n) is 6.39. The van der Waals surface area contributed by atoms with Crippen molar-refractivity contribution in [3.05, 3.63) is 47.8 Å². The summed E-state index contributed by atoms with van der Waals surface area (Å²) in [6.07, 6.45) is 7.52. The number of carbonyl (C=O) groups is 4. The number of rotatable bonds is 12. The molecule has 0 bridgehead atoms. The van der Waals surface area contributed by atoms with Crippen molar-refractivity contribution >= 4 is 29.3 Å². The van der Waals surface area contributed by atoms with E-state index in [0.29, 0.717) is 43.9 Å². The first-order valence-corrected chi connectivity index (χ1v) is 16.3. The summed E-state index contributed by atoms with van der Waals surface area (Å²) in [5, 5.41) is 13.2. The Kier molecular flexibility index (Phi) is 11.9. The number of anilines is 1. The topological polar surface area (TPSA) is 129 Å². The van der Waals surface area contributed by atoms with E-state index in [-0.39, 0.29) is 35.5 Å². The first kappa shape index (κ1) is 33.2. The molecule has 1 aliphatic carbocycles. The third kappa shape index (κ3) is 8.25. The molecule has 44 heavy (non-hydrogen) atoms. The lowest BCUT2D eigenvalue weighted by Crippen LogP contribution is -2.56. The normalized spacial score (nSPS) is 18.2. The Hall–Kier alpha value is -3.73. The minimum atomic E-state index is -0.668. The smallest absolute Gasteiger partial charge is 0.270 e. The molecule has 1 aliphatic heterocycles. The molecule has 4 rings (SSSR count). The van der Waals surface area contributed by atoms with Crippen LogP contribution in [-0.4, -0.2) is 88.5 Å².